The molecule has 0 aromatic rings. The number of amides is 1. The molecule has 0 unspecified atom stereocenters. The Kier molecular flexibility index (Phi) is 8.18. The molecule has 1 N–H and O–H groups in total. The summed E-state index contributed by atoms with van der Waals surface area (Å²) in [5.41, 5.74) is 0. The summed E-state index contributed by atoms with van der Waals surface area (Å²) in [5.74, 6) is -0.133. The van der Waals surface area contributed by atoms with E-state index in [0.29, 0.717) is 6.10 Å². The minimum absolute atomic E-state index is 0.00402. The van der Waals surface area contributed by atoms with Crippen molar-refractivity contribution in [3.8, 4) is 0 Å². The molecule has 28 heavy (non-hydrogen) atoms. The highest BCUT2D eigenvalue weighted by Crippen LogP contribution is 2.31. The number of sulfonamides is 1. The zero-order chi connectivity index (χ0) is 20.0. The smallest absolute Gasteiger partial charge is 0.235 e. The van der Waals surface area contributed by atoms with E-state index in [1.165, 1.54) is 6.42 Å². The van der Waals surface area contributed by atoms with Crippen molar-refractivity contribution in [2.75, 3.05) is 13.7 Å². The predicted molar refractivity (Wildman–Crippen MR) is 111 cm³/mol. The maximum absolute atomic E-state index is 13.4. The first-order chi connectivity index (χ1) is 13.5. The summed E-state index contributed by atoms with van der Waals surface area (Å²) in [6, 6.07) is 0.139. The number of rotatable bonds is 7. The predicted octanol–water partition coefficient (Wildman–Crippen LogP) is 3.36. The highest BCUT2D eigenvalue weighted by molar-refractivity contribution is 7.89. The summed E-state index contributed by atoms with van der Waals surface area (Å²) in [7, 11) is -1.68. The zero-order valence-electron chi connectivity index (χ0n) is 17.4. The minimum Gasteiger partial charge on any atom is -0.381 e. The molecule has 3 aliphatic carbocycles. The second-order valence-electron chi connectivity index (χ2n) is 8.92. The summed E-state index contributed by atoms with van der Waals surface area (Å²) in [4.78, 5) is 12.8. The number of nitrogens with one attached hydrogen (secondary N) is 1. The molecule has 0 heterocycles. The van der Waals surface area contributed by atoms with Gasteiger partial charge in [-0.15, -0.1) is 0 Å². The van der Waals surface area contributed by atoms with E-state index in [0.717, 1.165) is 83.5 Å². The average molecular weight is 415 g/mol. The van der Waals surface area contributed by atoms with Crippen LogP contribution in [0.1, 0.15) is 89.9 Å². The Bertz CT molecular complexity index is 590. The van der Waals surface area contributed by atoms with Crippen LogP contribution in [0.2, 0.25) is 0 Å². The SMILES string of the molecule is COC1CCC(NC(=O)CN(C2CCCCC2)S(=O)(=O)C2CCCCC2)CC1. The van der Waals surface area contributed by atoms with Crippen molar-refractivity contribution in [2.45, 2.75) is 113 Å². The number of hydrogen-bond acceptors (Lipinski definition) is 4. The van der Waals surface area contributed by atoms with Crippen LogP contribution in [0.15, 0.2) is 0 Å². The standard InChI is InChI=1S/C21H38N2O4S/c1-27-19-14-12-17(13-15-19)22-21(24)16-23(18-8-4-2-5-9-18)28(25,26)20-10-6-3-7-11-20/h17-20H,2-16H2,1H3,(H,22,24). The monoisotopic (exact) mass is 414 g/mol. The highest BCUT2D eigenvalue weighted by atomic mass is 32.2. The van der Waals surface area contributed by atoms with Crippen molar-refractivity contribution in [2.24, 2.45) is 0 Å². The van der Waals surface area contributed by atoms with E-state index in [4.69, 9.17) is 4.74 Å². The number of carbonyl (C=O) groups is 1. The molecule has 7 heteroatoms. The van der Waals surface area contributed by atoms with Crippen LogP contribution in [-0.2, 0) is 19.6 Å². The van der Waals surface area contributed by atoms with Gasteiger partial charge in [0.1, 0.15) is 0 Å². The molecule has 0 aromatic heterocycles. The maximum Gasteiger partial charge on any atom is 0.235 e. The van der Waals surface area contributed by atoms with Gasteiger partial charge >= 0.3 is 0 Å². The van der Waals surface area contributed by atoms with Crippen molar-refractivity contribution in [3.63, 3.8) is 0 Å². The molecule has 0 atom stereocenters. The quantitative estimate of drug-likeness (QED) is 0.693. The van der Waals surface area contributed by atoms with Gasteiger partial charge in [-0.25, -0.2) is 8.42 Å². The lowest BCUT2D eigenvalue weighted by molar-refractivity contribution is -0.122. The Morgan fingerprint density at radius 2 is 1.46 bits per heavy atom. The molecule has 3 saturated carbocycles. The van der Waals surface area contributed by atoms with Crippen LogP contribution < -0.4 is 5.32 Å². The van der Waals surface area contributed by atoms with Crippen molar-refractivity contribution < 1.29 is 17.9 Å². The van der Waals surface area contributed by atoms with Gasteiger partial charge in [0, 0.05) is 19.2 Å². The van der Waals surface area contributed by atoms with E-state index in [9.17, 15) is 13.2 Å². The van der Waals surface area contributed by atoms with Gasteiger partial charge in [-0.05, 0) is 51.4 Å². The second kappa shape index (κ2) is 10.4. The van der Waals surface area contributed by atoms with Crippen LogP contribution in [0, 0.1) is 0 Å². The summed E-state index contributed by atoms with van der Waals surface area (Å²) in [6.45, 7) is -0.00624. The maximum atomic E-state index is 13.4. The molecule has 0 radical (unpaired) electrons. The molecule has 0 aromatic carbocycles. The number of carbonyl (C=O) groups excluding carboxylic acids is 1. The van der Waals surface area contributed by atoms with Gasteiger partial charge < -0.3 is 10.1 Å². The number of nitrogens with zero attached hydrogens (tertiary/aromatic N) is 1. The van der Waals surface area contributed by atoms with Crippen LogP contribution in [-0.4, -0.2) is 55.7 Å². The van der Waals surface area contributed by atoms with Gasteiger partial charge in [-0.3, -0.25) is 4.79 Å². The molecular weight excluding hydrogens is 376 g/mol. The number of hydrogen-bond donors (Lipinski definition) is 1. The van der Waals surface area contributed by atoms with E-state index < -0.39 is 10.0 Å². The first kappa shape index (κ1) is 22.0. The normalized spacial score (nSPS) is 28.4. The second-order valence-corrected chi connectivity index (χ2v) is 11.1. The van der Waals surface area contributed by atoms with Crippen molar-refractivity contribution in [1.82, 2.24) is 9.62 Å². The fourth-order valence-corrected chi connectivity index (χ4v) is 7.44. The molecule has 0 bridgehead atoms. The van der Waals surface area contributed by atoms with Gasteiger partial charge in [0.25, 0.3) is 0 Å². The van der Waals surface area contributed by atoms with Gasteiger partial charge in [0.15, 0.2) is 0 Å². The minimum atomic E-state index is -3.42. The first-order valence-electron chi connectivity index (χ1n) is 11.3. The summed E-state index contributed by atoms with van der Waals surface area (Å²) in [5, 5.41) is 2.81. The molecule has 6 nitrogen and oxygen atoms in total. The van der Waals surface area contributed by atoms with E-state index in [1.807, 2.05) is 0 Å². The molecule has 0 aliphatic heterocycles. The Morgan fingerprint density at radius 3 is 2.04 bits per heavy atom. The fraction of sp³-hybridized carbons (Fsp3) is 0.952. The average Bonchev–Trinajstić information content (AvgIpc) is 2.74. The van der Waals surface area contributed by atoms with Gasteiger partial charge in [-0.2, -0.15) is 4.31 Å². The largest absolute Gasteiger partial charge is 0.381 e. The van der Waals surface area contributed by atoms with Gasteiger partial charge in [0.2, 0.25) is 15.9 Å². The summed E-state index contributed by atoms with van der Waals surface area (Å²) < 4.78 is 33.8. The fourth-order valence-electron chi connectivity index (χ4n) is 5.21. The number of methoxy groups -OCH3 is 1. The molecule has 0 spiro atoms. The van der Waals surface area contributed by atoms with E-state index >= 15 is 0 Å². The van der Waals surface area contributed by atoms with Crippen LogP contribution in [0.25, 0.3) is 0 Å². The molecule has 3 aliphatic rings. The van der Waals surface area contributed by atoms with E-state index in [1.54, 1.807) is 11.4 Å². The molecule has 3 fully saturated rings. The Labute approximate surface area is 170 Å². The molecule has 1 amide bonds. The van der Waals surface area contributed by atoms with Gasteiger partial charge in [-0.1, -0.05) is 38.5 Å². The lowest BCUT2D eigenvalue weighted by atomic mass is 9.93. The van der Waals surface area contributed by atoms with Crippen LogP contribution in [0.4, 0.5) is 0 Å². The third-order valence-corrected chi connectivity index (χ3v) is 9.35. The summed E-state index contributed by atoms with van der Waals surface area (Å²) in [6.07, 6.45) is 13.7. The molecule has 162 valence electrons. The van der Waals surface area contributed by atoms with Crippen molar-refractivity contribution in [1.29, 1.82) is 0 Å². The van der Waals surface area contributed by atoms with Crippen molar-refractivity contribution in [3.05, 3.63) is 0 Å². The van der Waals surface area contributed by atoms with E-state index in [-0.39, 0.29) is 29.8 Å². The molecule has 3 rings (SSSR count). The van der Waals surface area contributed by atoms with Crippen LogP contribution in [0.3, 0.4) is 0 Å². The molecule has 0 saturated heterocycles. The Balaban J connectivity index is 1.64. The summed E-state index contributed by atoms with van der Waals surface area (Å²) >= 11 is 0. The third kappa shape index (κ3) is 5.70. The highest BCUT2D eigenvalue weighted by Gasteiger charge is 2.38. The number of ether oxygens (including phenoxy) is 1. The van der Waals surface area contributed by atoms with Gasteiger partial charge in [0.05, 0.1) is 17.9 Å². The lowest BCUT2D eigenvalue weighted by Crippen LogP contribution is -2.52. The first-order valence-corrected chi connectivity index (χ1v) is 12.8. The Morgan fingerprint density at radius 1 is 0.893 bits per heavy atom. The Hall–Kier alpha value is -0.660. The third-order valence-electron chi connectivity index (χ3n) is 6.95. The van der Waals surface area contributed by atoms with E-state index in [2.05, 4.69) is 5.32 Å². The van der Waals surface area contributed by atoms with Crippen LogP contribution in [0.5, 0.6) is 0 Å². The zero-order valence-corrected chi connectivity index (χ0v) is 18.2. The van der Waals surface area contributed by atoms with Crippen LogP contribution >= 0.6 is 0 Å². The lowest BCUT2D eigenvalue weighted by Gasteiger charge is -2.37. The topological polar surface area (TPSA) is 75.7 Å². The molecular formula is C21H38N2O4S. The van der Waals surface area contributed by atoms with Crippen molar-refractivity contribution >= 4 is 15.9 Å².